The smallest absolute Gasteiger partial charge is 0.0145 e. The van der Waals surface area contributed by atoms with E-state index in [4.69, 9.17) is 0 Å². The van der Waals surface area contributed by atoms with Crippen molar-refractivity contribution in [2.24, 2.45) is 65.1 Å². The number of unbranched alkanes of at least 4 members (excludes halogenated alkanes) is 7. The van der Waals surface area contributed by atoms with Crippen LogP contribution < -0.4 is 0 Å². The fourth-order valence-electron chi connectivity index (χ4n) is 16.3. The second kappa shape index (κ2) is 56.8. The van der Waals surface area contributed by atoms with Crippen LogP contribution in [0.3, 0.4) is 0 Å². The van der Waals surface area contributed by atoms with E-state index in [0.29, 0.717) is 17.8 Å². The molecule has 1 aromatic rings. The van der Waals surface area contributed by atoms with Crippen LogP contribution in [-0.4, -0.2) is 0 Å². The minimum absolute atomic E-state index is 0.632. The van der Waals surface area contributed by atoms with Crippen LogP contribution in [0.2, 0.25) is 0 Å². The zero-order valence-electron chi connectivity index (χ0n) is 66.0. The second-order valence-corrected chi connectivity index (χ2v) is 28.9. The number of rotatable bonds is 31. The van der Waals surface area contributed by atoms with Crippen molar-refractivity contribution in [1.82, 2.24) is 0 Å². The molecule has 12 unspecified atom stereocenters. The number of fused-ring (bicyclic) bond motifs is 1. The van der Waals surface area contributed by atoms with E-state index in [1.54, 1.807) is 78.0 Å². The first kappa shape index (κ1) is 89.8. The van der Waals surface area contributed by atoms with Crippen molar-refractivity contribution in [1.29, 1.82) is 0 Å². The lowest BCUT2D eigenvalue weighted by Gasteiger charge is -2.35. The van der Waals surface area contributed by atoms with Gasteiger partial charge in [-0.3, -0.25) is 0 Å². The Balaban J connectivity index is 0.00000115. The van der Waals surface area contributed by atoms with Gasteiger partial charge in [0.25, 0.3) is 0 Å². The maximum absolute atomic E-state index is 4.15. The third kappa shape index (κ3) is 33.9. The van der Waals surface area contributed by atoms with Crippen LogP contribution in [-0.2, 0) is 12.8 Å². The molecule has 6 rings (SSSR count). The fraction of sp³-hybridized carbons (Fsp3) is 0.660. The normalized spacial score (nSPS) is 25.0. The van der Waals surface area contributed by atoms with E-state index in [1.165, 1.54) is 170 Å². The van der Waals surface area contributed by atoms with Crippen LogP contribution in [0.4, 0.5) is 0 Å². The number of benzene rings is 1. The van der Waals surface area contributed by atoms with Gasteiger partial charge in [0, 0.05) is 0 Å². The van der Waals surface area contributed by atoms with Gasteiger partial charge in [0.15, 0.2) is 0 Å². The molecular weight excluding hydrogens is 1130 g/mol. The Labute approximate surface area is 590 Å². The molecule has 0 saturated heterocycles. The Hall–Kier alpha value is -4.16. The first-order valence-corrected chi connectivity index (χ1v) is 39.9. The van der Waals surface area contributed by atoms with Gasteiger partial charge in [-0.15, -0.1) is 26.3 Å². The lowest BCUT2D eigenvalue weighted by molar-refractivity contribution is 0.154. The average Bonchev–Trinajstić information content (AvgIpc) is 1.34. The van der Waals surface area contributed by atoms with Gasteiger partial charge in [0.2, 0.25) is 0 Å². The minimum Gasteiger partial charge on any atom is -0.103 e. The van der Waals surface area contributed by atoms with Crippen LogP contribution >= 0.6 is 0 Å². The van der Waals surface area contributed by atoms with Gasteiger partial charge < -0.3 is 0 Å². The molecule has 0 heteroatoms. The van der Waals surface area contributed by atoms with E-state index >= 15 is 0 Å². The molecule has 534 valence electrons. The predicted octanol–water partition coefficient (Wildman–Crippen LogP) is 31.0. The Morgan fingerprint density at radius 1 is 0.468 bits per heavy atom. The molecular formula is C94H158. The Morgan fingerprint density at radius 2 is 1.00 bits per heavy atom. The van der Waals surface area contributed by atoms with Crippen LogP contribution in [0.1, 0.15) is 336 Å². The molecule has 5 saturated carbocycles. The third-order valence-electron chi connectivity index (χ3n) is 22.2. The lowest BCUT2D eigenvalue weighted by atomic mass is 9.71. The number of hydrogen-bond acceptors (Lipinski definition) is 0. The molecule has 1 aromatic carbocycles. The highest BCUT2D eigenvalue weighted by Gasteiger charge is 2.44. The monoisotopic (exact) mass is 1290 g/mol. The quantitative estimate of drug-likeness (QED) is 0.0395. The maximum atomic E-state index is 4.15. The van der Waals surface area contributed by atoms with Crippen LogP contribution in [0.15, 0.2) is 159 Å². The summed E-state index contributed by atoms with van der Waals surface area (Å²) in [5, 5.41) is 0. The van der Waals surface area contributed by atoms with E-state index < -0.39 is 0 Å². The molecule has 5 aliphatic rings. The van der Waals surface area contributed by atoms with Gasteiger partial charge in [-0.05, 0) is 298 Å². The molecule has 0 nitrogen and oxygen atoms in total. The van der Waals surface area contributed by atoms with Crippen molar-refractivity contribution in [2.75, 3.05) is 0 Å². The van der Waals surface area contributed by atoms with Crippen molar-refractivity contribution in [3.05, 3.63) is 192 Å². The highest BCUT2D eigenvalue weighted by Crippen LogP contribution is 2.54. The predicted molar refractivity (Wildman–Crippen MR) is 434 cm³/mol. The topological polar surface area (TPSA) is 0 Å². The molecule has 12 atom stereocenters. The highest BCUT2D eigenvalue weighted by molar-refractivity contribution is 5.52. The van der Waals surface area contributed by atoms with E-state index in [1.807, 2.05) is 32.9 Å². The Bertz CT molecular complexity index is 2350. The van der Waals surface area contributed by atoms with Gasteiger partial charge in [0.05, 0.1) is 0 Å². The van der Waals surface area contributed by atoms with E-state index in [2.05, 4.69) is 222 Å². The van der Waals surface area contributed by atoms with E-state index in [-0.39, 0.29) is 0 Å². The van der Waals surface area contributed by atoms with Gasteiger partial charge in [-0.2, -0.15) is 0 Å². The van der Waals surface area contributed by atoms with Crippen molar-refractivity contribution >= 4 is 0 Å². The summed E-state index contributed by atoms with van der Waals surface area (Å²) in [6.45, 7) is 62.7. The van der Waals surface area contributed by atoms with Gasteiger partial charge in [-0.25, -0.2) is 0 Å². The van der Waals surface area contributed by atoms with Crippen LogP contribution in [0.25, 0.3) is 0 Å². The summed E-state index contributed by atoms with van der Waals surface area (Å²) in [6, 6.07) is 0. The Morgan fingerprint density at radius 3 is 1.47 bits per heavy atom. The standard InChI is InChI=1S/C26H40.C22H42.C12H20.2C11H18.C9H14.C3H6/c1-8-12-14-22-17-23(16-21(22)10-3)26-19(6)18(5)24(11-4)20(7)25(26)15-13-9-2;1-4-7-9-10-11-13-21-19(12-8-5-2)17-20-15-14-18(6-3)16-22(20)21;1-5-7-8-10-12(4)11(3)9-6-2;2*1-3-5-7-11-9-6-8-10(11)4-2;1-5-8(4)9(6-2)7-3;1-3-2/h10,12,14,21-23H,3,8-9,11,13,15-17H2,1-2,4-7H3;18-22H,4-17H2,1-3H3;6,8-10H,5,7H2,1-4H3;2*4-5,7,10-11H,2-3,6,8-9H2,1H3;5-6H,1-2,7H2,3-4H3;3H,1H2,2H3. The molecule has 0 heterocycles. The summed E-state index contributed by atoms with van der Waals surface area (Å²) >= 11 is 0. The van der Waals surface area contributed by atoms with E-state index in [0.717, 1.165) is 72.5 Å². The Kier molecular flexibility index (Phi) is 54.3. The summed E-state index contributed by atoms with van der Waals surface area (Å²) in [4.78, 5) is 0. The first-order chi connectivity index (χ1) is 45.4. The molecule has 0 amide bonds. The molecule has 0 bridgehead atoms. The SMILES string of the molecule is C=CC.C=CC(C)=C(C=C)CC.C=CC1CC(c2c(C)c(C)c(CC)c(C)c2CCCC)CC1C=CCC.C=CC1CCCC1C=CCC.C=CC1CCCC1C=CCC.CC=CC(C)=C(C)C=CCCC.CCCCCCCC1C(CCCC)CC2CCC(CC)CC21. The molecule has 0 aliphatic heterocycles. The van der Waals surface area contributed by atoms with Crippen molar-refractivity contribution in [3.8, 4) is 0 Å². The molecule has 0 spiro atoms. The molecule has 0 aromatic heterocycles. The molecule has 5 aliphatic carbocycles. The molecule has 0 radical (unpaired) electrons. The zero-order chi connectivity index (χ0) is 70.6. The summed E-state index contributed by atoms with van der Waals surface area (Å²) < 4.78 is 0. The maximum Gasteiger partial charge on any atom is -0.0145 e. The summed E-state index contributed by atoms with van der Waals surface area (Å²) in [5.74, 6) is 10.6. The van der Waals surface area contributed by atoms with Crippen LogP contribution in [0, 0.1) is 85.9 Å². The van der Waals surface area contributed by atoms with Gasteiger partial charge >= 0.3 is 0 Å². The molecule has 5 fully saturated rings. The fourth-order valence-corrected chi connectivity index (χ4v) is 16.3. The minimum atomic E-state index is 0.632. The van der Waals surface area contributed by atoms with Crippen LogP contribution in [0.5, 0.6) is 0 Å². The number of hydrogen-bond donors (Lipinski definition) is 0. The largest absolute Gasteiger partial charge is 0.103 e. The zero-order valence-corrected chi connectivity index (χ0v) is 66.0. The average molecular weight is 1290 g/mol. The number of allylic oxidation sites excluding steroid dienone is 20. The molecule has 0 N–H and O–H groups in total. The molecule has 94 heavy (non-hydrogen) atoms. The second-order valence-electron chi connectivity index (χ2n) is 28.9. The van der Waals surface area contributed by atoms with Gasteiger partial charge in [0.1, 0.15) is 0 Å². The highest BCUT2D eigenvalue weighted by atomic mass is 14.5. The van der Waals surface area contributed by atoms with Gasteiger partial charge in [-0.1, -0.05) is 270 Å². The van der Waals surface area contributed by atoms with Crippen molar-refractivity contribution in [2.45, 2.75) is 336 Å². The summed E-state index contributed by atoms with van der Waals surface area (Å²) in [5.41, 5.74) is 14.9. The summed E-state index contributed by atoms with van der Waals surface area (Å²) in [6.07, 6.45) is 78.5. The first-order valence-electron chi connectivity index (χ1n) is 39.9. The third-order valence-corrected chi connectivity index (χ3v) is 22.2. The van der Waals surface area contributed by atoms with E-state index in [9.17, 15) is 0 Å². The van der Waals surface area contributed by atoms with Crippen molar-refractivity contribution < 1.29 is 0 Å². The van der Waals surface area contributed by atoms with Crippen molar-refractivity contribution in [3.63, 3.8) is 0 Å². The summed E-state index contributed by atoms with van der Waals surface area (Å²) in [7, 11) is 0. The lowest BCUT2D eigenvalue weighted by Crippen LogP contribution is -2.25.